The molecule has 0 spiro atoms. The maximum atomic E-state index is 11.8. The molecular formula is C12H19N5O4. The third-order valence-electron chi connectivity index (χ3n) is 2.50. The maximum Gasteiger partial charge on any atom is 0.319 e. The highest BCUT2D eigenvalue weighted by Crippen LogP contribution is 2.29. The lowest BCUT2D eigenvalue weighted by atomic mass is 10.3. The number of aliphatic carboxylic acids is 1. The van der Waals surface area contributed by atoms with Gasteiger partial charge >= 0.3 is 12.0 Å². The van der Waals surface area contributed by atoms with Crippen molar-refractivity contribution >= 4 is 23.5 Å². The zero-order chi connectivity index (χ0) is 15.8. The number of carboxylic acids is 1. The number of methoxy groups -OCH3 is 1. The first-order valence-electron chi connectivity index (χ1n) is 6.28. The molecule has 0 aliphatic rings. The zero-order valence-electron chi connectivity index (χ0n) is 12.2. The molecule has 9 nitrogen and oxygen atoms in total. The molecule has 1 aromatic heterocycles. The van der Waals surface area contributed by atoms with Crippen molar-refractivity contribution in [2.24, 2.45) is 0 Å². The van der Waals surface area contributed by atoms with E-state index in [1.54, 1.807) is 19.0 Å². The summed E-state index contributed by atoms with van der Waals surface area (Å²) in [5, 5.41) is 13.7. The van der Waals surface area contributed by atoms with Crippen molar-refractivity contribution in [3.05, 3.63) is 6.33 Å². The Morgan fingerprint density at radius 2 is 2.10 bits per heavy atom. The van der Waals surface area contributed by atoms with Gasteiger partial charge in [0.05, 0.1) is 7.11 Å². The van der Waals surface area contributed by atoms with E-state index in [4.69, 9.17) is 9.84 Å². The Morgan fingerprint density at radius 1 is 1.38 bits per heavy atom. The first-order valence-corrected chi connectivity index (χ1v) is 6.28. The van der Waals surface area contributed by atoms with Gasteiger partial charge in [-0.25, -0.2) is 9.78 Å². The summed E-state index contributed by atoms with van der Waals surface area (Å²) in [4.78, 5) is 31.9. The molecule has 0 bridgehead atoms. The lowest BCUT2D eigenvalue weighted by molar-refractivity contribution is -0.137. The molecule has 0 saturated heterocycles. The molecule has 0 fully saturated rings. The van der Waals surface area contributed by atoms with Crippen molar-refractivity contribution in [3.8, 4) is 5.88 Å². The van der Waals surface area contributed by atoms with Crippen molar-refractivity contribution in [1.82, 2.24) is 15.3 Å². The quantitative estimate of drug-likeness (QED) is 0.629. The minimum atomic E-state index is -0.898. The normalized spacial score (nSPS) is 9.86. The van der Waals surface area contributed by atoms with Crippen molar-refractivity contribution in [2.75, 3.05) is 38.0 Å². The molecular weight excluding hydrogens is 278 g/mol. The molecule has 1 aromatic rings. The van der Waals surface area contributed by atoms with Gasteiger partial charge in [-0.05, 0) is 6.42 Å². The SMILES string of the molecule is COc1ncnc(N(C)C)c1NC(=O)NCCCC(=O)O. The number of urea groups is 1. The molecule has 0 aromatic carbocycles. The van der Waals surface area contributed by atoms with Crippen LogP contribution in [-0.4, -0.2) is 54.8 Å². The van der Waals surface area contributed by atoms with Crippen LogP contribution < -0.4 is 20.3 Å². The molecule has 3 N–H and O–H groups in total. The Bertz CT molecular complexity index is 506. The van der Waals surface area contributed by atoms with Crippen LogP contribution in [0.25, 0.3) is 0 Å². The number of carbonyl (C=O) groups excluding carboxylic acids is 1. The van der Waals surface area contributed by atoms with Crippen LogP contribution >= 0.6 is 0 Å². The third kappa shape index (κ3) is 5.13. The number of nitrogens with zero attached hydrogens (tertiary/aromatic N) is 3. The number of hydrogen-bond donors (Lipinski definition) is 3. The predicted octanol–water partition coefficient (Wildman–Crippen LogP) is 0.537. The van der Waals surface area contributed by atoms with Gasteiger partial charge in [-0.2, -0.15) is 4.98 Å². The van der Waals surface area contributed by atoms with E-state index in [1.165, 1.54) is 13.4 Å². The van der Waals surface area contributed by atoms with E-state index in [9.17, 15) is 9.59 Å². The lowest BCUT2D eigenvalue weighted by Gasteiger charge is -2.18. The molecule has 0 atom stereocenters. The van der Waals surface area contributed by atoms with Gasteiger partial charge in [0.15, 0.2) is 5.82 Å². The molecule has 0 unspecified atom stereocenters. The van der Waals surface area contributed by atoms with Crippen LogP contribution in [0.4, 0.5) is 16.3 Å². The minimum absolute atomic E-state index is 0.000989. The second-order valence-corrected chi connectivity index (χ2v) is 4.35. The Morgan fingerprint density at radius 3 is 2.67 bits per heavy atom. The van der Waals surface area contributed by atoms with E-state index in [1.807, 2.05) is 0 Å². The zero-order valence-corrected chi connectivity index (χ0v) is 12.2. The van der Waals surface area contributed by atoms with Gasteiger partial charge in [-0.15, -0.1) is 0 Å². The smallest absolute Gasteiger partial charge is 0.319 e. The van der Waals surface area contributed by atoms with Crippen LogP contribution in [0.2, 0.25) is 0 Å². The van der Waals surface area contributed by atoms with Crippen LogP contribution in [0.15, 0.2) is 6.33 Å². The first kappa shape index (κ1) is 16.5. The molecule has 9 heteroatoms. The summed E-state index contributed by atoms with van der Waals surface area (Å²) in [6.45, 7) is 0.255. The number of amides is 2. The van der Waals surface area contributed by atoms with Crippen LogP contribution in [0.5, 0.6) is 5.88 Å². The molecule has 1 rings (SSSR count). The number of carbonyl (C=O) groups is 2. The Labute approximate surface area is 122 Å². The van der Waals surface area contributed by atoms with Crippen molar-refractivity contribution < 1.29 is 19.4 Å². The fraction of sp³-hybridized carbons (Fsp3) is 0.500. The highest BCUT2D eigenvalue weighted by atomic mass is 16.5. The highest BCUT2D eigenvalue weighted by Gasteiger charge is 2.16. The molecule has 21 heavy (non-hydrogen) atoms. The molecule has 0 aliphatic carbocycles. The van der Waals surface area contributed by atoms with E-state index in [-0.39, 0.29) is 18.8 Å². The maximum absolute atomic E-state index is 11.8. The average molecular weight is 297 g/mol. The van der Waals surface area contributed by atoms with Gasteiger partial charge in [0, 0.05) is 27.1 Å². The lowest BCUT2D eigenvalue weighted by Crippen LogP contribution is -2.31. The number of nitrogens with one attached hydrogen (secondary N) is 2. The number of hydrogen-bond acceptors (Lipinski definition) is 6. The summed E-state index contributed by atoms with van der Waals surface area (Å²) in [6, 6.07) is -0.475. The average Bonchev–Trinajstić information content (AvgIpc) is 2.43. The van der Waals surface area contributed by atoms with E-state index in [0.29, 0.717) is 17.9 Å². The predicted molar refractivity (Wildman–Crippen MR) is 76.8 cm³/mol. The number of ether oxygens (including phenoxy) is 1. The van der Waals surface area contributed by atoms with Crippen molar-refractivity contribution in [2.45, 2.75) is 12.8 Å². The van der Waals surface area contributed by atoms with Gasteiger partial charge < -0.3 is 25.4 Å². The summed E-state index contributed by atoms with van der Waals surface area (Å²) < 4.78 is 5.10. The summed E-state index contributed by atoms with van der Waals surface area (Å²) in [7, 11) is 4.99. The Kier molecular flexibility index (Phi) is 6.18. The van der Waals surface area contributed by atoms with Gasteiger partial charge in [-0.3, -0.25) is 4.79 Å². The number of carboxylic acid groups (broad SMARTS) is 1. The highest BCUT2D eigenvalue weighted by molar-refractivity contribution is 5.94. The molecule has 2 amide bonds. The van der Waals surface area contributed by atoms with Crippen molar-refractivity contribution in [1.29, 1.82) is 0 Å². The fourth-order valence-electron chi connectivity index (χ4n) is 1.56. The first-order chi connectivity index (χ1) is 9.95. The molecule has 1 heterocycles. The molecule has 0 saturated carbocycles. The fourth-order valence-corrected chi connectivity index (χ4v) is 1.56. The van der Waals surface area contributed by atoms with Gasteiger partial charge in [0.1, 0.15) is 12.0 Å². The summed E-state index contributed by atoms with van der Waals surface area (Å²) in [6.07, 6.45) is 1.69. The van der Waals surface area contributed by atoms with E-state index in [2.05, 4.69) is 20.6 Å². The number of rotatable bonds is 7. The molecule has 0 radical (unpaired) electrons. The van der Waals surface area contributed by atoms with Crippen LogP contribution in [0.1, 0.15) is 12.8 Å². The standard InChI is InChI=1S/C12H19N5O4/c1-17(2)10-9(11(21-3)15-7-14-10)16-12(20)13-6-4-5-8(18)19/h7H,4-6H2,1-3H3,(H,18,19)(H2,13,16,20). The van der Waals surface area contributed by atoms with Crippen molar-refractivity contribution in [3.63, 3.8) is 0 Å². The van der Waals surface area contributed by atoms with Crippen LogP contribution in [0, 0.1) is 0 Å². The molecule has 116 valence electrons. The van der Waals surface area contributed by atoms with Gasteiger partial charge in [0.2, 0.25) is 5.88 Å². The summed E-state index contributed by atoms with van der Waals surface area (Å²) in [5.74, 6) is -0.151. The third-order valence-corrected chi connectivity index (χ3v) is 2.50. The topological polar surface area (TPSA) is 117 Å². The van der Waals surface area contributed by atoms with Gasteiger partial charge in [0.25, 0.3) is 0 Å². The monoisotopic (exact) mass is 297 g/mol. The van der Waals surface area contributed by atoms with Gasteiger partial charge in [-0.1, -0.05) is 0 Å². The Balaban J connectivity index is 2.68. The second-order valence-electron chi connectivity index (χ2n) is 4.35. The van der Waals surface area contributed by atoms with Crippen LogP contribution in [0.3, 0.4) is 0 Å². The van der Waals surface area contributed by atoms with E-state index in [0.717, 1.165) is 0 Å². The summed E-state index contributed by atoms with van der Waals surface area (Å²) >= 11 is 0. The minimum Gasteiger partial charge on any atom is -0.481 e. The largest absolute Gasteiger partial charge is 0.481 e. The molecule has 0 aliphatic heterocycles. The summed E-state index contributed by atoms with van der Waals surface area (Å²) in [5.41, 5.74) is 0.348. The van der Waals surface area contributed by atoms with Crippen LogP contribution in [-0.2, 0) is 4.79 Å². The number of anilines is 2. The van der Waals surface area contributed by atoms with E-state index >= 15 is 0 Å². The van der Waals surface area contributed by atoms with E-state index < -0.39 is 12.0 Å². The second kappa shape index (κ2) is 7.88. The Hall–Kier alpha value is -2.58. The number of aromatic nitrogens is 2.